The maximum Gasteiger partial charge on any atom is 0.405 e. The lowest BCUT2D eigenvalue weighted by Gasteiger charge is -2.30. The van der Waals surface area contributed by atoms with Crippen molar-refractivity contribution < 1.29 is 27.8 Å². The van der Waals surface area contributed by atoms with Gasteiger partial charge in [0.05, 0.1) is 17.8 Å². The van der Waals surface area contributed by atoms with Crippen LogP contribution < -0.4 is 10.2 Å². The van der Waals surface area contributed by atoms with Crippen molar-refractivity contribution >= 4 is 23.5 Å². The second kappa shape index (κ2) is 9.13. The average Bonchev–Trinajstić information content (AvgIpc) is 3.22. The zero-order valence-corrected chi connectivity index (χ0v) is 17.7. The minimum absolute atomic E-state index is 0.133. The van der Waals surface area contributed by atoms with Crippen LogP contribution in [0.4, 0.5) is 19.1 Å². The summed E-state index contributed by atoms with van der Waals surface area (Å²) in [5.41, 5.74) is 1.39. The molecule has 7 nitrogen and oxygen atoms in total. The molecular formula is C21H22ClF3N4O3. The highest BCUT2D eigenvalue weighted by molar-refractivity contribution is 6.30. The highest BCUT2D eigenvalue weighted by atomic mass is 35.5. The van der Waals surface area contributed by atoms with Gasteiger partial charge in [-0.25, -0.2) is 4.98 Å². The van der Waals surface area contributed by atoms with Gasteiger partial charge in [-0.1, -0.05) is 23.7 Å². The molecule has 1 amide bonds. The van der Waals surface area contributed by atoms with Gasteiger partial charge in [0.15, 0.2) is 6.23 Å². The van der Waals surface area contributed by atoms with Gasteiger partial charge in [-0.2, -0.15) is 13.2 Å². The Kier molecular flexibility index (Phi) is 6.45. The Morgan fingerprint density at radius 1 is 1.25 bits per heavy atom. The number of ether oxygens (including phenoxy) is 1. The fraction of sp³-hybridized carbons (Fsp3) is 0.429. The van der Waals surface area contributed by atoms with Gasteiger partial charge in [0, 0.05) is 36.6 Å². The summed E-state index contributed by atoms with van der Waals surface area (Å²) in [5.74, 6) is -0.460. The topological polar surface area (TPSA) is 79.6 Å². The molecule has 3 heterocycles. The van der Waals surface area contributed by atoms with Crippen LogP contribution >= 0.6 is 11.6 Å². The normalized spacial score (nSPS) is 19.5. The number of carbonyl (C=O) groups excluding carboxylic acids is 1. The first-order valence-corrected chi connectivity index (χ1v) is 10.5. The molecule has 2 N–H and O–H groups in total. The van der Waals surface area contributed by atoms with E-state index >= 15 is 0 Å². The van der Waals surface area contributed by atoms with Gasteiger partial charge in [-0.05, 0) is 30.5 Å². The lowest BCUT2D eigenvalue weighted by molar-refractivity contribution is -0.137. The Balaban J connectivity index is 1.65. The average molecular weight is 471 g/mol. The summed E-state index contributed by atoms with van der Waals surface area (Å²) >= 11 is 5.95. The van der Waals surface area contributed by atoms with Gasteiger partial charge < -0.3 is 20.1 Å². The quantitative estimate of drug-likeness (QED) is 0.699. The molecule has 2 aliphatic heterocycles. The fourth-order valence-corrected chi connectivity index (χ4v) is 3.91. The lowest BCUT2D eigenvalue weighted by Crippen LogP contribution is -2.39. The largest absolute Gasteiger partial charge is 0.405 e. The number of benzene rings is 1. The van der Waals surface area contributed by atoms with Crippen molar-refractivity contribution in [3.05, 3.63) is 58.5 Å². The molecule has 0 aliphatic carbocycles. The molecule has 4 rings (SSSR count). The molecule has 1 aromatic carbocycles. The number of amides is 1. The van der Waals surface area contributed by atoms with Crippen molar-refractivity contribution in [3.8, 4) is 0 Å². The number of rotatable bonds is 5. The Hall–Kier alpha value is -2.56. The van der Waals surface area contributed by atoms with Gasteiger partial charge in [0.2, 0.25) is 5.95 Å². The zero-order chi connectivity index (χ0) is 22.9. The minimum Gasteiger partial charge on any atom is -0.381 e. The predicted octanol–water partition coefficient (Wildman–Crippen LogP) is 3.50. The maximum atomic E-state index is 12.6. The van der Waals surface area contributed by atoms with Gasteiger partial charge in [0.25, 0.3) is 5.91 Å². The van der Waals surface area contributed by atoms with Crippen LogP contribution in [0.25, 0.3) is 0 Å². The minimum atomic E-state index is -4.56. The van der Waals surface area contributed by atoms with E-state index in [-0.39, 0.29) is 18.0 Å². The number of nitrogens with zero attached hydrogens (tertiary/aromatic N) is 3. The highest BCUT2D eigenvalue weighted by Gasteiger charge is 2.34. The first-order chi connectivity index (χ1) is 15.2. The number of aliphatic hydroxyl groups is 1. The van der Waals surface area contributed by atoms with Gasteiger partial charge in [-0.3, -0.25) is 9.36 Å². The molecule has 32 heavy (non-hydrogen) atoms. The van der Waals surface area contributed by atoms with Crippen LogP contribution in [-0.2, 0) is 16.1 Å². The molecule has 172 valence electrons. The third-order valence-corrected chi connectivity index (χ3v) is 5.69. The molecule has 0 radical (unpaired) electrons. The number of aliphatic hydroxyl groups excluding tert-OH is 1. The Labute approximate surface area is 187 Å². The second-order valence-corrected chi connectivity index (χ2v) is 8.21. The van der Waals surface area contributed by atoms with Crippen LogP contribution in [0.1, 0.15) is 36.2 Å². The number of anilines is 1. The summed E-state index contributed by atoms with van der Waals surface area (Å²) in [4.78, 5) is 18.8. The molecule has 0 saturated carbocycles. The summed E-state index contributed by atoms with van der Waals surface area (Å²) in [7, 11) is 0. The van der Waals surface area contributed by atoms with Crippen LogP contribution in [0.15, 0.2) is 42.2 Å². The molecule has 1 fully saturated rings. The summed E-state index contributed by atoms with van der Waals surface area (Å²) in [6.45, 7) is 0.00185. The van der Waals surface area contributed by atoms with E-state index < -0.39 is 24.9 Å². The van der Waals surface area contributed by atoms with Gasteiger partial charge in [-0.15, -0.1) is 0 Å². The van der Waals surface area contributed by atoms with Crippen LogP contribution in [0.5, 0.6) is 0 Å². The number of imidazole rings is 1. The van der Waals surface area contributed by atoms with E-state index in [1.54, 1.807) is 35.4 Å². The van der Waals surface area contributed by atoms with Crippen LogP contribution in [0, 0.1) is 0 Å². The first-order valence-electron chi connectivity index (χ1n) is 10.1. The fourth-order valence-electron chi connectivity index (χ4n) is 3.79. The van der Waals surface area contributed by atoms with E-state index in [2.05, 4.69) is 0 Å². The Morgan fingerprint density at radius 3 is 2.59 bits per heavy atom. The Bertz CT molecular complexity index is 1000. The van der Waals surface area contributed by atoms with E-state index in [0.29, 0.717) is 24.2 Å². The Morgan fingerprint density at radius 2 is 1.94 bits per heavy atom. The highest BCUT2D eigenvalue weighted by Crippen LogP contribution is 2.35. The maximum absolute atomic E-state index is 12.6. The molecular weight excluding hydrogens is 449 g/mol. The standard InChI is InChI=1S/C21H22ClF3N4O3/c22-15-3-1-13(2-4-15)9-28-10-16(18(30)26-12-21(23,24)25)19(31)29-11-17(27-20(28)29)14-5-7-32-8-6-14/h1-4,10-11,14,19,31H,5-9,12H2,(H,26,30). The molecule has 1 aromatic heterocycles. The molecule has 0 spiro atoms. The predicted molar refractivity (Wildman–Crippen MR) is 111 cm³/mol. The molecule has 1 saturated heterocycles. The van der Waals surface area contributed by atoms with E-state index in [1.807, 2.05) is 5.32 Å². The van der Waals surface area contributed by atoms with Gasteiger partial charge >= 0.3 is 6.18 Å². The second-order valence-electron chi connectivity index (χ2n) is 7.77. The molecule has 1 unspecified atom stereocenters. The number of hydrogen-bond donors (Lipinski definition) is 2. The summed E-state index contributed by atoms with van der Waals surface area (Å²) in [6, 6.07) is 7.04. The van der Waals surface area contributed by atoms with E-state index in [1.165, 1.54) is 10.8 Å². The van der Waals surface area contributed by atoms with Crippen LogP contribution in [0.3, 0.4) is 0 Å². The number of alkyl halides is 3. The summed E-state index contributed by atoms with van der Waals surface area (Å²) in [6.07, 6.45) is -1.46. The molecule has 2 aromatic rings. The monoisotopic (exact) mass is 470 g/mol. The van der Waals surface area contributed by atoms with Crippen molar-refractivity contribution in [1.82, 2.24) is 14.9 Å². The van der Waals surface area contributed by atoms with Crippen LogP contribution in [0.2, 0.25) is 5.02 Å². The number of carbonyl (C=O) groups is 1. The molecule has 2 aliphatic rings. The third kappa shape index (κ3) is 5.08. The van der Waals surface area contributed by atoms with Crippen molar-refractivity contribution in [2.75, 3.05) is 24.7 Å². The van der Waals surface area contributed by atoms with Gasteiger partial charge in [0.1, 0.15) is 6.54 Å². The smallest absolute Gasteiger partial charge is 0.381 e. The van der Waals surface area contributed by atoms with Crippen molar-refractivity contribution in [3.63, 3.8) is 0 Å². The zero-order valence-electron chi connectivity index (χ0n) is 17.0. The van der Waals surface area contributed by atoms with E-state index in [0.717, 1.165) is 24.1 Å². The van der Waals surface area contributed by atoms with E-state index in [4.69, 9.17) is 21.3 Å². The third-order valence-electron chi connectivity index (χ3n) is 5.44. The van der Waals surface area contributed by atoms with Crippen molar-refractivity contribution in [1.29, 1.82) is 0 Å². The van der Waals surface area contributed by atoms with Crippen LogP contribution in [-0.4, -0.2) is 46.5 Å². The van der Waals surface area contributed by atoms with Crippen molar-refractivity contribution in [2.45, 2.75) is 37.7 Å². The number of aromatic nitrogens is 2. The van der Waals surface area contributed by atoms with Crippen molar-refractivity contribution in [2.24, 2.45) is 0 Å². The molecule has 0 bridgehead atoms. The first kappa shape index (κ1) is 22.6. The van der Waals surface area contributed by atoms with E-state index in [9.17, 15) is 23.1 Å². The summed E-state index contributed by atoms with van der Waals surface area (Å²) in [5, 5.41) is 13.2. The molecule has 11 heteroatoms. The number of halogens is 4. The molecule has 1 atom stereocenters. The number of hydrogen-bond acceptors (Lipinski definition) is 5. The summed E-state index contributed by atoms with van der Waals surface area (Å²) < 4.78 is 44.6. The lowest BCUT2D eigenvalue weighted by atomic mass is 9.97. The SMILES string of the molecule is O=C(NCC(F)(F)F)C1=CN(Cc2ccc(Cl)cc2)c2nc(C3CCOCC3)cn2C1O. The number of nitrogens with one attached hydrogen (secondary N) is 1. The number of fused-ring (bicyclic) bond motifs is 1.